The van der Waals surface area contributed by atoms with E-state index in [2.05, 4.69) is 13.8 Å². The number of hydrogen-bond acceptors (Lipinski definition) is 6. The molecular weight excluding hydrogens is 619 g/mol. The summed E-state index contributed by atoms with van der Waals surface area (Å²) >= 11 is 0. The fourth-order valence-corrected chi connectivity index (χ4v) is 5.89. The number of carbonyl (C=O) groups excluding carboxylic acids is 1. The SMILES string of the molecule is CCCCCCC(C)Oc1ccc(-c2ccc(OC(=O)c3ccc(OCCCCCCCCCCOCC4(C)COC4)cc3)cc2)cc1F. The summed E-state index contributed by atoms with van der Waals surface area (Å²) in [5, 5.41) is 0. The van der Waals surface area contributed by atoms with Crippen LogP contribution in [0.1, 0.15) is 115 Å². The van der Waals surface area contributed by atoms with Crippen LogP contribution in [0.5, 0.6) is 17.2 Å². The molecule has 0 aromatic heterocycles. The van der Waals surface area contributed by atoms with Crippen molar-refractivity contribution in [2.75, 3.05) is 33.0 Å². The lowest BCUT2D eigenvalue weighted by Crippen LogP contribution is -2.43. The zero-order chi connectivity index (χ0) is 34.7. The number of hydrogen-bond donors (Lipinski definition) is 0. The summed E-state index contributed by atoms with van der Waals surface area (Å²) in [6.45, 7) is 10.4. The van der Waals surface area contributed by atoms with Crippen LogP contribution in [0, 0.1) is 11.2 Å². The summed E-state index contributed by atoms with van der Waals surface area (Å²) in [6.07, 6.45) is 15.1. The minimum Gasteiger partial charge on any atom is -0.494 e. The van der Waals surface area contributed by atoms with Gasteiger partial charge in [0.2, 0.25) is 0 Å². The van der Waals surface area contributed by atoms with Crippen LogP contribution >= 0.6 is 0 Å². The van der Waals surface area contributed by atoms with Crippen molar-refractivity contribution >= 4 is 5.97 Å². The summed E-state index contributed by atoms with van der Waals surface area (Å²) in [7, 11) is 0. The minimum atomic E-state index is -0.443. The molecule has 6 nitrogen and oxygen atoms in total. The average molecular weight is 677 g/mol. The van der Waals surface area contributed by atoms with Gasteiger partial charge in [-0.05, 0) is 92.3 Å². The van der Waals surface area contributed by atoms with Gasteiger partial charge in [0.1, 0.15) is 11.5 Å². The van der Waals surface area contributed by atoms with Crippen molar-refractivity contribution in [3.8, 4) is 28.4 Å². The maximum absolute atomic E-state index is 14.8. The predicted molar refractivity (Wildman–Crippen MR) is 194 cm³/mol. The Bertz CT molecular complexity index is 1370. The van der Waals surface area contributed by atoms with Gasteiger partial charge in [-0.1, -0.05) is 89.8 Å². The first-order chi connectivity index (χ1) is 23.8. The highest BCUT2D eigenvalue weighted by Gasteiger charge is 2.33. The Balaban J connectivity index is 1.07. The number of esters is 1. The normalized spacial score (nSPS) is 14.2. The Labute approximate surface area is 293 Å². The Morgan fingerprint density at radius 3 is 2.02 bits per heavy atom. The van der Waals surface area contributed by atoms with E-state index >= 15 is 0 Å². The molecule has 1 unspecified atom stereocenters. The summed E-state index contributed by atoms with van der Waals surface area (Å²) in [6, 6.07) is 19.1. The average Bonchev–Trinajstić information content (AvgIpc) is 3.09. The van der Waals surface area contributed by atoms with Crippen LogP contribution < -0.4 is 14.2 Å². The lowest BCUT2D eigenvalue weighted by atomic mass is 9.90. The molecule has 1 fully saturated rings. The number of benzene rings is 3. The Morgan fingerprint density at radius 2 is 1.39 bits per heavy atom. The van der Waals surface area contributed by atoms with E-state index in [1.54, 1.807) is 42.5 Å². The first-order valence-corrected chi connectivity index (χ1v) is 18.5. The second-order valence-electron chi connectivity index (χ2n) is 13.9. The second kappa shape index (κ2) is 20.9. The van der Waals surface area contributed by atoms with Crippen molar-refractivity contribution < 1.29 is 32.9 Å². The summed E-state index contributed by atoms with van der Waals surface area (Å²) in [5.41, 5.74) is 2.24. The molecule has 0 bridgehead atoms. The summed E-state index contributed by atoms with van der Waals surface area (Å²) < 4.78 is 43.2. The minimum absolute atomic E-state index is 0.0335. The highest BCUT2D eigenvalue weighted by molar-refractivity contribution is 5.91. The molecule has 3 aromatic rings. The zero-order valence-electron chi connectivity index (χ0n) is 30.0. The number of ether oxygens (including phenoxy) is 5. The van der Waals surface area contributed by atoms with Crippen LogP contribution in [0.15, 0.2) is 66.7 Å². The molecular formula is C42H57FO6. The van der Waals surface area contributed by atoms with Crippen LogP contribution in [0.25, 0.3) is 11.1 Å². The van der Waals surface area contributed by atoms with E-state index in [4.69, 9.17) is 23.7 Å². The molecule has 4 rings (SSSR count). The highest BCUT2D eigenvalue weighted by atomic mass is 19.1. The number of halogens is 1. The van der Waals surface area contributed by atoms with Crippen LogP contribution in [-0.4, -0.2) is 45.1 Å². The fraction of sp³-hybridized carbons (Fsp3) is 0.548. The lowest BCUT2D eigenvalue weighted by molar-refractivity contribution is -0.137. The Morgan fingerprint density at radius 1 is 0.776 bits per heavy atom. The number of unbranched alkanes of at least 4 members (excludes halogenated alkanes) is 10. The van der Waals surface area contributed by atoms with Crippen molar-refractivity contribution in [1.29, 1.82) is 0 Å². The molecule has 0 saturated carbocycles. The second-order valence-corrected chi connectivity index (χ2v) is 13.9. The van der Waals surface area contributed by atoms with E-state index in [0.29, 0.717) is 17.9 Å². The first kappa shape index (κ1) is 38.4. The lowest BCUT2D eigenvalue weighted by Gasteiger charge is -2.37. The summed E-state index contributed by atoms with van der Waals surface area (Å²) in [4.78, 5) is 12.7. The van der Waals surface area contributed by atoms with Crippen LogP contribution in [-0.2, 0) is 9.47 Å². The van der Waals surface area contributed by atoms with E-state index in [1.165, 1.54) is 57.4 Å². The van der Waals surface area contributed by atoms with Crippen LogP contribution in [0.4, 0.5) is 4.39 Å². The molecule has 7 heteroatoms. The van der Waals surface area contributed by atoms with Crippen LogP contribution in [0.2, 0.25) is 0 Å². The van der Waals surface area contributed by atoms with E-state index < -0.39 is 5.97 Å². The smallest absolute Gasteiger partial charge is 0.343 e. The Kier molecular flexibility index (Phi) is 16.4. The predicted octanol–water partition coefficient (Wildman–Crippen LogP) is 11.0. The molecule has 1 aliphatic heterocycles. The maximum Gasteiger partial charge on any atom is 0.343 e. The van der Waals surface area contributed by atoms with Gasteiger partial charge in [-0.2, -0.15) is 0 Å². The summed E-state index contributed by atoms with van der Waals surface area (Å²) in [5.74, 6) is 0.608. The van der Waals surface area contributed by atoms with Gasteiger partial charge >= 0.3 is 5.97 Å². The van der Waals surface area contributed by atoms with Gasteiger partial charge in [-0.15, -0.1) is 0 Å². The molecule has 1 atom stereocenters. The monoisotopic (exact) mass is 676 g/mol. The third-order valence-corrected chi connectivity index (χ3v) is 9.02. The molecule has 1 heterocycles. The van der Waals surface area contributed by atoms with Crippen molar-refractivity contribution in [3.63, 3.8) is 0 Å². The van der Waals surface area contributed by atoms with Crippen molar-refractivity contribution in [1.82, 2.24) is 0 Å². The molecule has 0 aliphatic carbocycles. The molecule has 1 aliphatic rings. The molecule has 268 valence electrons. The third kappa shape index (κ3) is 13.8. The molecule has 49 heavy (non-hydrogen) atoms. The standard InChI is InChI=1S/C42H57FO6/c1-4-5-6-13-16-33(2)48-40-26-21-36(29-39(40)43)34-17-24-38(25-18-34)49-41(44)35-19-22-37(23-20-35)47-28-15-12-10-8-7-9-11-14-27-45-30-42(3)31-46-32-42/h17-26,29,33H,4-16,27-28,30-32H2,1-3H3. The van der Waals surface area contributed by atoms with E-state index in [0.717, 1.165) is 75.4 Å². The van der Waals surface area contributed by atoms with Crippen molar-refractivity contribution in [2.24, 2.45) is 5.41 Å². The van der Waals surface area contributed by atoms with E-state index in [-0.39, 0.29) is 23.1 Å². The molecule has 0 spiro atoms. The molecule has 1 saturated heterocycles. The third-order valence-electron chi connectivity index (χ3n) is 9.02. The van der Waals surface area contributed by atoms with E-state index in [9.17, 15) is 9.18 Å². The molecule has 0 amide bonds. The van der Waals surface area contributed by atoms with Gasteiger partial charge in [0.25, 0.3) is 0 Å². The first-order valence-electron chi connectivity index (χ1n) is 18.5. The van der Waals surface area contributed by atoms with Crippen molar-refractivity contribution in [3.05, 3.63) is 78.1 Å². The van der Waals surface area contributed by atoms with Crippen LogP contribution in [0.3, 0.4) is 0 Å². The zero-order valence-corrected chi connectivity index (χ0v) is 30.0. The molecule has 0 N–H and O–H groups in total. The number of carbonyl (C=O) groups is 1. The topological polar surface area (TPSA) is 63.2 Å². The van der Waals surface area contributed by atoms with Gasteiger partial charge in [0.05, 0.1) is 38.1 Å². The molecule has 3 aromatic carbocycles. The largest absolute Gasteiger partial charge is 0.494 e. The van der Waals surface area contributed by atoms with Gasteiger partial charge < -0.3 is 23.7 Å². The van der Waals surface area contributed by atoms with Crippen molar-refractivity contribution in [2.45, 2.75) is 110 Å². The maximum atomic E-state index is 14.8. The van der Waals surface area contributed by atoms with Gasteiger partial charge in [-0.25, -0.2) is 9.18 Å². The van der Waals surface area contributed by atoms with Gasteiger partial charge in [0.15, 0.2) is 11.6 Å². The van der Waals surface area contributed by atoms with Gasteiger partial charge in [-0.3, -0.25) is 0 Å². The Hall–Kier alpha value is -3.42. The highest BCUT2D eigenvalue weighted by Crippen LogP contribution is 2.29. The number of rotatable bonds is 24. The fourth-order valence-electron chi connectivity index (χ4n) is 5.89. The van der Waals surface area contributed by atoms with Gasteiger partial charge in [0, 0.05) is 12.0 Å². The van der Waals surface area contributed by atoms with E-state index in [1.807, 2.05) is 25.1 Å². The molecule has 0 radical (unpaired) electrons. The quantitative estimate of drug-likeness (QED) is 0.0534.